The average molecular weight is 353 g/mol. The van der Waals surface area contributed by atoms with Crippen molar-refractivity contribution in [1.29, 1.82) is 0 Å². The highest BCUT2D eigenvalue weighted by Crippen LogP contribution is 2.24. The van der Waals surface area contributed by atoms with Gasteiger partial charge < -0.3 is 9.64 Å². The van der Waals surface area contributed by atoms with E-state index in [4.69, 9.17) is 4.74 Å². The van der Waals surface area contributed by atoms with Gasteiger partial charge >= 0.3 is 6.09 Å². The molecule has 134 valence electrons. The lowest BCUT2D eigenvalue weighted by Gasteiger charge is -2.40. The molecular weight excluding hydrogens is 324 g/mol. The molecule has 24 heavy (non-hydrogen) atoms. The van der Waals surface area contributed by atoms with Gasteiger partial charge in [0, 0.05) is 18.6 Å². The van der Waals surface area contributed by atoms with E-state index in [1.54, 1.807) is 4.90 Å². The number of benzene rings is 1. The molecule has 1 unspecified atom stereocenters. The first-order valence-electron chi connectivity index (χ1n) is 8.35. The van der Waals surface area contributed by atoms with Crippen molar-refractivity contribution in [2.75, 3.05) is 13.1 Å². The van der Waals surface area contributed by atoms with Crippen molar-refractivity contribution in [3.05, 3.63) is 35.9 Å². The zero-order valence-corrected chi connectivity index (χ0v) is 15.8. The van der Waals surface area contributed by atoms with E-state index in [-0.39, 0.29) is 16.4 Å². The molecule has 1 aromatic carbocycles. The van der Waals surface area contributed by atoms with E-state index in [0.29, 0.717) is 19.7 Å². The standard InChI is InChI=1S/C18H28N2O3S/c1-17(2,3)24(22)19-18(4)10-12-20(13-11-18)16(21)23-14-15-8-6-5-7-9-15/h5-9,19H,10-14H2,1-4H3. The third-order valence-electron chi connectivity index (χ3n) is 4.23. The fourth-order valence-corrected chi connectivity index (χ4v) is 3.43. The van der Waals surface area contributed by atoms with Crippen LogP contribution in [0.2, 0.25) is 0 Å². The molecule has 1 heterocycles. The van der Waals surface area contributed by atoms with Gasteiger partial charge in [0.2, 0.25) is 0 Å². The van der Waals surface area contributed by atoms with Gasteiger partial charge in [-0.3, -0.25) is 0 Å². The van der Waals surface area contributed by atoms with E-state index in [1.807, 2.05) is 51.1 Å². The minimum atomic E-state index is -1.11. The maximum Gasteiger partial charge on any atom is 0.410 e. The normalized spacial score (nSPS) is 18.9. The second kappa shape index (κ2) is 7.66. The smallest absolute Gasteiger partial charge is 0.410 e. The molecule has 6 heteroatoms. The second-order valence-corrected chi connectivity index (χ2v) is 9.54. The molecule has 1 N–H and O–H groups in total. The van der Waals surface area contributed by atoms with Gasteiger partial charge in [-0.05, 0) is 46.1 Å². The molecule has 1 saturated heterocycles. The van der Waals surface area contributed by atoms with Crippen molar-refractivity contribution in [1.82, 2.24) is 9.62 Å². The van der Waals surface area contributed by atoms with Crippen LogP contribution in [0.5, 0.6) is 0 Å². The number of hydrogen-bond donors (Lipinski definition) is 1. The van der Waals surface area contributed by atoms with Crippen LogP contribution in [-0.2, 0) is 22.3 Å². The van der Waals surface area contributed by atoms with E-state index < -0.39 is 11.0 Å². The van der Waals surface area contributed by atoms with Gasteiger partial charge in [-0.25, -0.2) is 13.7 Å². The molecule has 5 nitrogen and oxygen atoms in total. The number of piperidine rings is 1. The first-order valence-corrected chi connectivity index (χ1v) is 9.50. The molecule has 1 fully saturated rings. The summed E-state index contributed by atoms with van der Waals surface area (Å²) in [6.45, 7) is 9.45. The third-order valence-corrected chi connectivity index (χ3v) is 6.02. The molecule has 2 rings (SSSR count). The fraction of sp³-hybridized carbons (Fsp3) is 0.611. The Morgan fingerprint density at radius 2 is 1.83 bits per heavy atom. The summed E-state index contributed by atoms with van der Waals surface area (Å²) in [6.07, 6.45) is 1.24. The van der Waals surface area contributed by atoms with Crippen LogP contribution in [0.15, 0.2) is 30.3 Å². The summed E-state index contributed by atoms with van der Waals surface area (Å²) < 4.78 is 20.6. The quantitative estimate of drug-likeness (QED) is 0.905. The van der Waals surface area contributed by atoms with Crippen LogP contribution in [0.4, 0.5) is 4.79 Å². The minimum Gasteiger partial charge on any atom is -0.445 e. The van der Waals surface area contributed by atoms with Crippen LogP contribution in [-0.4, -0.2) is 38.6 Å². The monoisotopic (exact) mass is 352 g/mol. The van der Waals surface area contributed by atoms with E-state index >= 15 is 0 Å². The summed E-state index contributed by atoms with van der Waals surface area (Å²) in [5.41, 5.74) is 0.767. The molecule has 0 spiro atoms. The number of nitrogens with one attached hydrogen (secondary N) is 1. The predicted octanol–water partition coefficient (Wildman–Crippen LogP) is 3.23. The zero-order valence-electron chi connectivity index (χ0n) is 15.0. The van der Waals surface area contributed by atoms with Crippen LogP contribution in [0.1, 0.15) is 46.1 Å². The Labute approximate surface area is 147 Å². The Kier molecular flexibility index (Phi) is 6.04. The van der Waals surface area contributed by atoms with E-state index in [1.165, 1.54) is 0 Å². The Bertz CT molecular complexity index is 576. The Morgan fingerprint density at radius 1 is 1.25 bits per heavy atom. The number of amides is 1. The third kappa shape index (κ3) is 5.31. The van der Waals surface area contributed by atoms with Crippen molar-refractivity contribution in [3.8, 4) is 0 Å². The highest BCUT2D eigenvalue weighted by molar-refractivity contribution is 7.84. The number of ether oxygens (including phenoxy) is 1. The van der Waals surface area contributed by atoms with Crippen LogP contribution in [0.25, 0.3) is 0 Å². The molecule has 1 aliphatic heterocycles. The van der Waals surface area contributed by atoms with Gasteiger partial charge in [0.25, 0.3) is 0 Å². The van der Waals surface area contributed by atoms with Crippen molar-refractivity contribution < 1.29 is 13.7 Å². The number of nitrogens with zero attached hydrogens (tertiary/aromatic N) is 1. The van der Waals surface area contributed by atoms with Crippen molar-refractivity contribution in [3.63, 3.8) is 0 Å². The molecule has 1 atom stereocenters. The Balaban J connectivity index is 1.81. The van der Waals surface area contributed by atoms with E-state index in [0.717, 1.165) is 18.4 Å². The Hall–Kier alpha value is -1.40. The highest BCUT2D eigenvalue weighted by Gasteiger charge is 2.35. The summed E-state index contributed by atoms with van der Waals surface area (Å²) in [5.74, 6) is 0. The topological polar surface area (TPSA) is 58.6 Å². The van der Waals surface area contributed by atoms with Crippen LogP contribution < -0.4 is 4.72 Å². The van der Waals surface area contributed by atoms with Crippen LogP contribution in [0.3, 0.4) is 0 Å². The molecule has 0 aromatic heterocycles. The molecule has 0 aliphatic carbocycles. The first-order chi connectivity index (χ1) is 11.2. The average Bonchev–Trinajstić information content (AvgIpc) is 2.53. The van der Waals surface area contributed by atoms with Gasteiger partial charge in [-0.2, -0.15) is 0 Å². The fourth-order valence-electron chi connectivity index (χ4n) is 2.47. The SMILES string of the molecule is CC1(NS(=O)C(C)(C)C)CCN(C(=O)OCc2ccccc2)CC1. The maximum atomic E-state index is 12.3. The molecular formula is C18H28N2O3S. The minimum absolute atomic E-state index is 0.214. The largest absolute Gasteiger partial charge is 0.445 e. The summed E-state index contributed by atoms with van der Waals surface area (Å²) in [7, 11) is -1.11. The lowest BCUT2D eigenvalue weighted by Crippen LogP contribution is -2.55. The molecule has 1 aromatic rings. The van der Waals surface area contributed by atoms with Crippen molar-refractivity contribution in [2.24, 2.45) is 0 Å². The van der Waals surface area contributed by atoms with Gasteiger partial charge in [-0.15, -0.1) is 0 Å². The number of hydrogen-bond acceptors (Lipinski definition) is 3. The number of carbonyl (C=O) groups excluding carboxylic acids is 1. The van der Waals surface area contributed by atoms with Gasteiger partial charge in [0.1, 0.15) is 6.61 Å². The molecule has 1 aliphatic rings. The van der Waals surface area contributed by atoms with Gasteiger partial charge in [-0.1, -0.05) is 30.3 Å². The second-order valence-electron chi connectivity index (χ2n) is 7.57. The predicted molar refractivity (Wildman–Crippen MR) is 96.9 cm³/mol. The first kappa shape index (κ1) is 18.9. The van der Waals surface area contributed by atoms with Crippen LogP contribution >= 0.6 is 0 Å². The van der Waals surface area contributed by atoms with E-state index in [9.17, 15) is 9.00 Å². The summed E-state index contributed by atoms with van der Waals surface area (Å²) in [5, 5.41) is 0. The lowest BCUT2D eigenvalue weighted by molar-refractivity contribution is 0.0785. The lowest BCUT2D eigenvalue weighted by atomic mass is 9.91. The summed E-state index contributed by atoms with van der Waals surface area (Å²) in [6, 6.07) is 9.66. The summed E-state index contributed by atoms with van der Waals surface area (Å²) >= 11 is 0. The molecule has 0 bridgehead atoms. The zero-order chi connectivity index (χ0) is 17.8. The van der Waals surface area contributed by atoms with Gasteiger partial charge in [0.15, 0.2) is 0 Å². The summed E-state index contributed by atoms with van der Waals surface area (Å²) in [4.78, 5) is 13.9. The van der Waals surface area contributed by atoms with Gasteiger partial charge in [0.05, 0.1) is 15.7 Å². The van der Waals surface area contributed by atoms with Crippen molar-refractivity contribution in [2.45, 2.75) is 57.4 Å². The molecule has 1 amide bonds. The highest BCUT2D eigenvalue weighted by atomic mass is 32.2. The number of carbonyl (C=O) groups is 1. The number of likely N-dealkylation sites (tertiary alicyclic amines) is 1. The van der Waals surface area contributed by atoms with Crippen molar-refractivity contribution >= 4 is 17.1 Å². The van der Waals surface area contributed by atoms with E-state index in [2.05, 4.69) is 11.6 Å². The maximum absolute atomic E-state index is 12.3. The molecule has 0 saturated carbocycles. The Morgan fingerprint density at radius 3 is 2.38 bits per heavy atom. The van der Waals surface area contributed by atoms with Crippen LogP contribution in [0, 0.1) is 0 Å². The molecule has 0 radical (unpaired) electrons. The number of rotatable bonds is 4.